The van der Waals surface area contributed by atoms with Crippen molar-refractivity contribution in [2.45, 2.75) is 11.8 Å². The summed E-state index contributed by atoms with van der Waals surface area (Å²) in [5.41, 5.74) is -1.07. The molecule has 15 heavy (non-hydrogen) atoms. The van der Waals surface area contributed by atoms with Gasteiger partial charge in [0, 0.05) is 5.56 Å². The summed E-state index contributed by atoms with van der Waals surface area (Å²) in [6, 6.07) is 0. The molecule has 0 aliphatic heterocycles. The van der Waals surface area contributed by atoms with Crippen LogP contribution >= 0.6 is 0 Å². The van der Waals surface area contributed by atoms with Crippen LogP contribution in [0, 0.1) is 30.2 Å². The molecular formula is C7H3F4O3S-. The van der Waals surface area contributed by atoms with Crippen molar-refractivity contribution in [3.8, 4) is 0 Å². The van der Waals surface area contributed by atoms with Crippen LogP contribution in [0.4, 0.5) is 17.6 Å². The predicted molar refractivity (Wildman–Crippen MR) is 39.0 cm³/mol. The van der Waals surface area contributed by atoms with Crippen molar-refractivity contribution in [2.75, 3.05) is 0 Å². The molecule has 0 heterocycles. The highest BCUT2D eigenvalue weighted by Crippen LogP contribution is 2.26. The van der Waals surface area contributed by atoms with E-state index in [-0.39, 0.29) is 0 Å². The highest BCUT2D eigenvalue weighted by molar-refractivity contribution is 7.85. The molecule has 0 atom stereocenters. The van der Waals surface area contributed by atoms with Gasteiger partial charge in [0.05, 0.1) is 0 Å². The number of rotatable bonds is 1. The van der Waals surface area contributed by atoms with Gasteiger partial charge in [-0.15, -0.1) is 0 Å². The van der Waals surface area contributed by atoms with Gasteiger partial charge in [-0.1, -0.05) is 0 Å². The highest BCUT2D eigenvalue weighted by Gasteiger charge is 2.26. The summed E-state index contributed by atoms with van der Waals surface area (Å²) in [6.07, 6.45) is 0. The Morgan fingerprint density at radius 1 is 0.933 bits per heavy atom. The van der Waals surface area contributed by atoms with Crippen molar-refractivity contribution >= 4 is 10.1 Å². The first-order valence-electron chi connectivity index (χ1n) is 3.46. The van der Waals surface area contributed by atoms with Crippen LogP contribution < -0.4 is 0 Å². The first-order valence-corrected chi connectivity index (χ1v) is 4.87. The van der Waals surface area contributed by atoms with Gasteiger partial charge in [-0.05, 0) is 6.92 Å². The van der Waals surface area contributed by atoms with Crippen molar-refractivity contribution in [1.82, 2.24) is 0 Å². The third-order valence-electron chi connectivity index (χ3n) is 1.69. The minimum atomic E-state index is -5.53. The molecule has 0 unspecified atom stereocenters. The molecule has 1 aromatic rings. The van der Waals surface area contributed by atoms with Crippen molar-refractivity contribution in [3.05, 3.63) is 28.8 Å². The molecule has 0 saturated heterocycles. The summed E-state index contributed by atoms with van der Waals surface area (Å²) in [5, 5.41) is 0. The number of hydrogen-bond donors (Lipinski definition) is 0. The number of hydrogen-bond acceptors (Lipinski definition) is 3. The molecule has 0 saturated carbocycles. The van der Waals surface area contributed by atoms with Gasteiger partial charge in [-0.3, -0.25) is 0 Å². The summed E-state index contributed by atoms with van der Waals surface area (Å²) in [6.45, 7) is 0.682. The average molecular weight is 243 g/mol. The van der Waals surface area contributed by atoms with Crippen LogP contribution in [0.15, 0.2) is 4.90 Å². The van der Waals surface area contributed by atoms with Crippen LogP contribution in [0.25, 0.3) is 0 Å². The molecule has 0 aliphatic carbocycles. The van der Waals surface area contributed by atoms with Gasteiger partial charge in [0.1, 0.15) is 20.8 Å². The van der Waals surface area contributed by atoms with E-state index in [0.717, 1.165) is 0 Å². The van der Waals surface area contributed by atoms with Crippen molar-refractivity contribution in [3.63, 3.8) is 0 Å². The minimum Gasteiger partial charge on any atom is -0.744 e. The van der Waals surface area contributed by atoms with Crippen molar-refractivity contribution in [2.24, 2.45) is 0 Å². The molecule has 0 radical (unpaired) electrons. The van der Waals surface area contributed by atoms with E-state index in [1.165, 1.54) is 0 Å². The first-order chi connectivity index (χ1) is 6.68. The predicted octanol–water partition coefficient (Wildman–Crippen LogP) is 1.46. The summed E-state index contributed by atoms with van der Waals surface area (Å²) in [5.74, 6) is -8.31. The fourth-order valence-electron chi connectivity index (χ4n) is 0.943. The van der Waals surface area contributed by atoms with Gasteiger partial charge < -0.3 is 4.55 Å². The van der Waals surface area contributed by atoms with Crippen LogP contribution in [0.1, 0.15) is 5.56 Å². The molecule has 1 rings (SSSR count). The van der Waals surface area contributed by atoms with Crippen LogP contribution in [-0.2, 0) is 10.1 Å². The third-order valence-corrected chi connectivity index (χ3v) is 2.55. The summed E-state index contributed by atoms with van der Waals surface area (Å²) >= 11 is 0. The van der Waals surface area contributed by atoms with E-state index in [9.17, 15) is 30.5 Å². The molecule has 0 aliphatic rings. The van der Waals surface area contributed by atoms with Crippen LogP contribution in [-0.4, -0.2) is 13.0 Å². The molecule has 1 aromatic carbocycles. The molecule has 0 aromatic heterocycles. The van der Waals surface area contributed by atoms with E-state index in [4.69, 9.17) is 0 Å². The minimum absolute atomic E-state index is 0.682. The molecule has 0 amide bonds. The second-order valence-corrected chi connectivity index (χ2v) is 3.98. The molecule has 0 N–H and O–H groups in total. The zero-order valence-electron chi connectivity index (χ0n) is 7.14. The second-order valence-electron chi connectivity index (χ2n) is 2.66. The Kier molecular flexibility index (Phi) is 2.75. The largest absolute Gasteiger partial charge is 0.744 e. The Balaban J connectivity index is 3.84. The Labute approximate surface area is 82.1 Å². The van der Waals surface area contributed by atoms with E-state index in [1.54, 1.807) is 0 Å². The third kappa shape index (κ3) is 1.82. The summed E-state index contributed by atoms with van der Waals surface area (Å²) in [7, 11) is -5.53. The van der Waals surface area contributed by atoms with Crippen molar-refractivity contribution < 1.29 is 30.5 Å². The van der Waals surface area contributed by atoms with Gasteiger partial charge in [0.25, 0.3) is 0 Å². The smallest absolute Gasteiger partial charge is 0.196 e. The van der Waals surface area contributed by atoms with Gasteiger partial charge >= 0.3 is 0 Å². The fraction of sp³-hybridized carbons (Fsp3) is 0.143. The highest BCUT2D eigenvalue weighted by atomic mass is 32.2. The van der Waals surface area contributed by atoms with Crippen LogP contribution in [0.2, 0.25) is 0 Å². The Bertz CT molecular complexity index is 495. The fourth-order valence-corrected chi connectivity index (χ4v) is 1.62. The summed E-state index contributed by atoms with van der Waals surface area (Å²) in [4.78, 5) is -2.00. The maximum absolute atomic E-state index is 13.0. The molecule has 0 fully saturated rings. The van der Waals surface area contributed by atoms with Crippen molar-refractivity contribution in [1.29, 1.82) is 0 Å². The van der Waals surface area contributed by atoms with E-state index in [0.29, 0.717) is 6.92 Å². The quantitative estimate of drug-likeness (QED) is 0.324. The SMILES string of the molecule is Cc1c(F)c(F)c(F)c(S(=O)(=O)[O-])c1F. The van der Waals surface area contributed by atoms with E-state index in [1.807, 2.05) is 0 Å². The zero-order chi connectivity index (χ0) is 12.0. The lowest BCUT2D eigenvalue weighted by Crippen LogP contribution is -2.11. The summed E-state index contributed by atoms with van der Waals surface area (Å²) < 4.78 is 82.1. The maximum Gasteiger partial charge on any atom is 0.196 e. The first kappa shape index (κ1) is 11.9. The molecule has 0 bridgehead atoms. The molecule has 0 spiro atoms. The zero-order valence-corrected chi connectivity index (χ0v) is 7.96. The average Bonchev–Trinajstić information content (AvgIpc) is 2.09. The topological polar surface area (TPSA) is 57.2 Å². The van der Waals surface area contributed by atoms with Crippen LogP contribution in [0.3, 0.4) is 0 Å². The maximum atomic E-state index is 13.0. The standard InChI is InChI=1S/C7H4F4O3S/c1-2-3(8)5(10)6(11)7(4(2)9)15(12,13)14/h1H3,(H,12,13,14)/p-1. The monoisotopic (exact) mass is 243 g/mol. The normalized spacial score (nSPS) is 11.9. The Morgan fingerprint density at radius 2 is 1.40 bits per heavy atom. The number of halogens is 4. The second kappa shape index (κ2) is 3.46. The molecule has 3 nitrogen and oxygen atoms in total. The van der Waals surface area contributed by atoms with Gasteiger partial charge in [0.15, 0.2) is 17.5 Å². The van der Waals surface area contributed by atoms with Crippen LogP contribution in [0.5, 0.6) is 0 Å². The molecule has 84 valence electrons. The molecular weight excluding hydrogens is 240 g/mol. The Hall–Kier alpha value is -1.15. The lowest BCUT2D eigenvalue weighted by atomic mass is 10.2. The lowest BCUT2D eigenvalue weighted by Gasteiger charge is -2.12. The van der Waals surface area contributed by atoms with E-state index in [2.05, 4.69) is 0 Å². The van der Waals surface area contributed by atoms with E-state index < -0.39 is 43.8 Å². The molecule has 8 heteroatoms. The van der Waals surface area contributed by atoms with Gasteiger partial charge in [0.2, 0.25) is 0 Å². The lowest BCUT2D eigenvalue weighted by molar-refractivity contribution is 0.391. The van der Waals surface area contributed by atoms with Gasteiger partial charge in [-0.25, -0.2) is 26.0 Å². The Morgan fingerprint density at radius 3 is 1.80 bits per heavy atom. The van der Waals surface area contributed by atoms with E-state index >= 15 is 0 Å². The number of benzene rings is 1. The van der Waals surface area contributed by atoms with Gasteiger partial charge in [-0.2, -0.15) is 0 Å².